The molecule has 2 amide bonds. The van der Waals surface area contributed by atoms with Gasteiger partial charge in [0, 0.05) is 12.6 Å². The average molecular weight is 338 g/mol. The van der Waals surface area contributed by atoms with Crippen LogP contribution in [0.3, 0.4) is 0 Å². The molecule has 0 saturated carbocycles. The van der Waals surface area contributed by atoms with Gasteiger partial charge in [-0.1, -0.05) is 12.1 Å². The molecule has 0 aliphatic rings. The third-order valence-electron chi connectivity index (χ3n) is 2.94. The largest absolute Gasteiger partial charge is 0.455 e. The molecule has 0 saturated heterocycles. The number of halogens is 1. The number of hydrogen-bond acceptors (Lipinski definition) is 4. The van der Waals surface area contributed by atoms with Crippen molar-refractivity contribution in [3.05, 3.63) is 35.6 Å². The van der Waals surface area contributed by atoms with Gasteiger partial charge in [0.1, 0.15) is 5.82 Å². The van der Waals surface area contributed by atoms with Gasteiger partial charge in [-0.15, -0.1) is 0 Å². The summed E-state index contributed by atoms with van der Waals surface area (Å²) in [4.78, 5) is 36.5. The molecule has 24 heavy (non-hydrogen) atoms. The molecule has 0 unspecified atom stereocenters. The van der Waals surface area contributed by atoms with Crippen LogP contribution in [-0.4, -0.2) is 48.4 Å². The maximum absolute atomic E-state index is 12.8. The van der Waals surface area contributed by atoms with Crippen LogP contribution in [0.4, 0.5) is 4.39 Å². The molecule has 1 N–H and O–H groups in total. The van der Waals surface area contributed by atoms with Gasteiger partial charge in [-0.3, -0.25) is 14.4 Å². The van der Waals surface area contributed by atoms with Crippen molar-refractivity contribution in [3.63, 3.8) is 0 Å². The maximum Gasteiger partial charge on any atom is 0.310 e. The topological polar surface area (TPSA) is 75.7 Å². The number of ether oxygens (including phenoxy) is 1. The number of amides is 2. The number of nitrogens with one attached hydrogen (secondary N) is 1. The molecular formula is C17H23FN2O4. The van der Waals surface area contributed by atoms with Crippen molar-refractivity contribution in [1.82, 2.24) is 10.2 Å². The van der Waals surface area contributed by atoms with E-state index in [-0.39, 0.29) is 24.4 Å². The third-order valence-corrected chi connectivity index (χ3v) is 2.94. The Morgan fingerprint density at radius 2 is 1.75 bits per heavy atom. The van der Waals surface area contributed by atoms with Crippen molar-refractivity contribution < 1.29 is 23.5 Å². The van der Waals surface area contributed by atoms with Crippen molar-refractivity contribution in [2.75, 3.05) is 20.2 Å². The second kappa shape index (κ2) is 8.42. The number of benzene rings is 1. The quantitative estimate of drug-likeness (QED) is 0.793. The van der Waals surface area contributed by atoms with Gasteiger partial charge in [-0.25, -0.2) is 4.39 Å². The Hall–Kier alpha value is -2.44. The maximum atomic E-state index is 12.8. The molecule has 1 rings (SSSR count). The molecule has 1 aromatic rings. The molecule has 0 aromatic heterocycles. The summed E-state index contributed by atoms with van der Waals surface area (Å²) < 4.78 is 17.7. The standard InChI is InChI=1S/C17H23FN2O4/c1-17(2,3)19-14(21)10-20(4)15(22)11-24-16(23)9-12-5-7-13(18)8-6-12/h5-8H,9-11H2,1-4H3,(H,19,21). The zero-order valence-electron chi connectivity index (χ0n) is 14.4. The lowest BCUT2D eigenvalue weighted by Gasteiger charge is -2.23. The van der Waals surface area contributed by atoms with E-state index in [1.165, 1.54) is 36.2 Å². The first-order valence-electron chi connectivity index (χ1n) is 7.52. The molecule has 1 aromatic carbocycles. The van der Waals surface area contributed by atoms with Gasteiger partial charge in [-0.05, 0) is 38.5 Å². The molecule has 0 bridgehead atoms. The Balaban J connectivity index is 2.37. The number of nitrogens with zero attached hydrogens (tertiary/aromatic N) is 1. The van der Waals surface area contributed by atoms with Gasteiger partial charge in [0.25, 0.3) is 5.91 Å². The van der Waals surface area contributed by atoms with E-state index in [1.807, 2.05) is 20.8 Å². The van der Waals surface area contributed by atoms with Crippen molar-refractivity contribution in [3.8, 4) is 0 Å². The van der Waals surface area contributed by atoms with Crippen molar-refractivity contribution >= 4 is 17.8 Å². The monoisotopic (exact) mass is 338 g/mol. The zero-order chi connectivity index (χ0) is 18.3. The molecule has 132 valence electrons. The van der Waals surface area contributed by atoms with Crippen LogP contribution in [0.1, 0.15) is 26.3 Å². The molecule has 0 fully saturated rings. The summed E-state index contributed by atoms with van der Waals surface area (Å²) in [6.45, 7) is 4.95. The average Bonchev–Trinajstić information content (AvgIpc) is 2.45. The van der Waals surface area contributed by atoms with E-state index < -0.39 is 24.3 Å². The highest BCUT2D eigenvalue weighted by atomic mass is 19.1. The van der Waals surface area contributed by atoms with Crippen LogP contribution < -0.4 is 5.32 Å². The normalized spacial score (nSPS) is 10.9. The predicted molar refractivity (Wildman–Crippen MR) is 86.6 cm³/mol. The number of likely N-dealkylation sites (N-methyl/N-ethyl adjacent to an activating group) is 1. The molecule has 0 atom stereocenters. The molecule has 0 spiro atoms. The van der Waals surface area contributed by atoms with E-state index in [2.05, 4.69) is 5.32 Å². The first kappa shape index (κ1) is 19.6. The van der Waals surface area contributed by atoms with Gasteiger partial charge in [0.05, 0.1) is 13.0 Å². The first-order chi connectivity index (χ1) is 11.1. The number of esters is 1. The van der Waals surface area contributed by atoms with E-state index >= 15 is 0 Å². The molecule has 0 radical (unpaired) electrons. The molecule has 7 heteroatoms. The second-order valence-corrected chi connectivity index (χ2v) is 6.51. The fourth-order valence-corrected chi connectivity index (χ4v) is 1.83. The highest BCUT2D eigenvalue weighted by Gasteiger charge is 2.18. The fourth-order valence-electron chi connectivity index (χ4n) is 1.83. The highest BCUT2D eigenvalue weighted by Crippen LogP contribution is 2.04. The minimum Gasteiger partial charge on any atom is -0.455 e. The third kappa shape index (κ3) is 7.71. The van der Waals surface area contributed by atoms with Crippen LogP contribution >= 0.6 is 0 Å². The molecule has 6 nitrogen and oxygen atoms in total. The predicted octanol–water partition coefficient (Wildman–Crippen LogP) is 1.28. The number of carbonyl (C=O) groups excluding carboxylic acids is 3. The minimum absolute atomic E-state index is 0.0538. The van der Waals surface area contributed by atoms with Crippen LogP contribution in [0.25, 0.3) is 0 Å². The van der Waals surface area contributed by atoms with Crippen LogP contribution in [0, 0.1) is 5.82 Å². The summed E-state index contributed by atoms with van der Waals surface area (Å²) in [5, 5.41) is 2.74. The zero-order valence-corrected chi connectivity index (χ0v) is 14.4. The Morgan fingerprint density at radius 3 is 2.29 bits per heavy atom. The first-order valence-corrected chi connectivity index (χ1v) is 7.52. The van der Waals surface area contributed by atoms with E-state index in [0.717, 1.165) is 0 Å². The summed E-state index contributed by atoms with van der Waals surface area (Å²) >= 11 is 0. The summed E-state index contributed by atoms with van der Waals surface area (Å²) in [5.74, 6) is -1.76. The van der Waals surface area contributed by atoms with E-state index in [1.54, 1.807) is 0 Å². The molecule has 0 aliphatic carbocycles. The Labute approximate surface area is 141 Å². The summed E-state index contributed by atoms with van der Waals surface area (Å²) in [7, 11) is 1.46. The Morgan fingerprint density at radius 1 is 1.17 bits per heavy atom. The number of rotatable bonds is 6. The van der Waals surface area contributed by atoms with Crippen LogP contribution in [0.15, 0.2) is 24.3 Å². The molecular weight excluding hydrogens is 315 g/mol. The number of hydrogen-bond donors (Lipinski definition) is 1. The van der Waals surface area contributed by atoms with Crippen molar-refractivity contribution in [1.29, 1.82) is 0 Å². The molecule has 0 aliphatic heterocycles. The van der Waals surface area contributed by atoms with Gasteiger partial charge >= 0.3 is 5.97 Å². The second-order valence-electron chi connectivity index (χ2n) is 6.51. The lowest BCUT2D eigenvalue weighted by molar-refractivity contribution is -0.151. The molecule has 0 heterocycles. The number of carbonyl (C=O) groups is 3. The van der Waals surface area contributed by atoms with Gasteiger partial charge in [0.2, 0.25) is 5.91 Å². The van der Waals surface area contributed by atoms with E-state index in [0.29, 0.717) is 5.56 Å². The van der Waals surface area contributed by atoms with Crippen molar-refractivity contribution in [2.24, 2.45) is 0 Å². The lowest BCUT2D eigenvalue weighted by atomic mass is 10.1. The van der Waals surface area contributed by atoms with Gasteiger partial charge < -0.3 is 15.0 Å². The Bertz CT molecular complexity index is 594. The van der Waals surface area contributed by atoms with Crippen molar-refractivity contribution in [2.45, 2.75) is 32.7 Å². The Kier molecular flexibility index (Phi) is 6.88. The lowest BCUT2D eigenvalue weighted by Crippen LogP contribution is -2.46. The van der Waals surface area contributed by atoms with Crippen LogP contribution in [0.2, 0.25) is 0 Å². The van der Waals surface area contributed by atoms with Gasteiger partial charge in [0.15, 0.2) is 6.61 Å². The van der Waals surface area contributed by atoms with Crippen LogP contribution in [-0.2, 0) is 25.5 Å². The van der Waals surface area contributed by atoms with E-state index in [4.69, 9.17) is 4.74 Å². The summed E-state index contributed by atoms with van der Waals surface area (Å²) in [6.07, 6.45) is -0.0538. The highest BCUT2D eigenvalue weighted by molar-refractivity contribution is 5.86. The van der Waals surface area contributed by atoms with Gasteiger partial charge in [-0.2, -0.15) is 0 Å². The minimum atomic E-state index is -0.595. The summed E-state index contributed by atoms with van der Waals surface area (Å²) in [6, 6.07) is 5.44. The summed E-state index contributed by atoms with van der Waals surface area (Å²) in [5.41, 5.74) is 0.203. The SMILES string of the molecule is CN(CC(=O)NC(C)(C)C)C(=O)COC(=O)Cc1ccc(F)cc1. The smallest absolute Gasteiger partial charge is 0.310 e. The fraction of sp³-hybridized carbons (Fsp3) is 0.471. The van der Waals surface area contributed by atoms with E-state index in [9.17, 15) is 18.8 Å². The van der Waals surface area contributed by atoms with Crippen LogP contribution in [0.5, 0.6) is 0 Å².